The van der Waals surface area contributed by atoms with Crippen LogP contribution >= 0.6 is 10.3 Å². The maximum Gasteiger partial charge on any atom is 0.417 e. The van der Waals surface area contributed by atoms with Crippen molar-refractivity contribution in [3.05, 3.63) is 102 Å². The number of hydrogen-bond acceptors (Lipinski definition) is 6. The fourth-order valence-corrected chi connectivity index (χ4v) is 10.6. The van der Waals surface area contributed by atoms with Gasteiger partial charge in [0.15, 0.2) is 0 Å². The van der Waals surface area contributed by atoms with E-state index in [9.17, 15) is 34.8 Å². The first kappa shape index (κ1) is 40.9. The van der Waals surface area contributed by atoms with Gasteiger partial charge in [-0.25, -0.2) is 3.63 Å². The van der Waals surface area contributed by atoms with Gasteiger partial charge in [0.25, 0.3) is 0 Å². The molecule has 0 heterocycles. The highest BCUT2D eigenvalue weighted by atomic mass is 32.3. The minimum atomic E-state index is -5.59. The summed E-state index contributed by atoms with van der Waals surface area (Å²) in [7, 11) is -9.38. The van der Waals surface area contributed by atoms with E-state index in [0.29, 0.717) is 0 Å². The minimum absolute atomic E-state index is 0.0278. The van der Waals surface area contributed by atoms with Crippen molar-refractivity contribution in [1.82, 2.24) is 0 Å². The van der Waals surface area contributed by atoms with Crippen molar-refractivity contribution >= 4 is 20.4 Å². The van der Waals surface area contributed by atoms with E-state index in [1.54, 1.807) is 102 Å². The van der Waals surface area contributed by atoms with Crippen molar-refractivity contribution in [2.45, 2.75) is 111 Å². The van der Waals surface area contributed by atoms with Crippen molar-refractivity contribution in [2.75, 3.05) is 0 Å². The molecule has 52 heavy (non-hydrogen) atoms. The van der Waals surface area contributed by atoms with E-state index in [-0.39, 0.29) is 50.1 Å². The van der Waals surface area contributed by atoms with Crippen molar-refractivity contribution in [1.29, 1.82) is 0 Å². The molecule has 0 aliphatic rings. The van der Waals surface area contributed by atoms with E-state index < -0.39 is 65.6 Å². The van der Waals surface area contributed by atoms with Crippen molar-refractivity contribution in [3.8, 4) is 17.2 Å². The topological polar surface area (TPSA) is 71.1 Å². The Bertz CT molecular complexity index is 1900. The third-order valence-corrected chi connectivity index (χ3v) is 12.0. The number of benzene rings is 4. The van der Waals surface area contributed by atoms with Crippen LogP contribution in [-0.2, 0) is 26.1 Å². The SMILES string of the molecule is CC(C)(C)Oc1cc(OC(C)(C)C)c(S(OS(=O)(=O)c2ccc(C(F)(F)F)cc2C(F)(F)F)(c2ccccc2)c2ccccc2)c(OC(C)(C)C)c1. The molecule has 0 fully saturated rings. The molecule has 0 saturated heterocycles. The summed E-state index contributed by atoms with van der Waals surface area (Å²) in [6.45, 7) is 15.9. The van der Waals surface area contributed by atoms with E-state index >= 15 is 0 Å². The Labute approximate surface area is 302 Å². The third-order valence-electron chi connectivity index (χ3n) is 6.76. The van der Waals surface area contributed by atoms with Crippen molar-refractivity contribution in [2.24, 2.45) is 0 Å². The Morgan fingerprint density at radius 3 is 1.31 bits per heavy atom. The highest BCUT2D eigenvalue weighted by Crippen LogP contribution is 2.75. The number of ether oxygens (including phenoxy) is 3. The van der Waals surface area contributed by atoms with Crippen molar-refractivity contribution < 1.29 is 52.6 Å². The van der Waals surface area contributed by atoms with Gasteiger partial charge >= 0.3 is 22.5 Å². The molecule has 0 atom stereocenters. The molecule has 284 valence electrons. The molecule has 0 radical (unpaired) electrons. The third kappa shape index (κ3) is 9.75. The maximum atomic E-state index is 14.6. The number of halogens is 6. The van der Waals surface area contributed by atoms with E-state index in [1.807, 2.05) is 20.8 Å². The molecule has 0 saturated carbocycles. The van der Waals surface area contributed by atoms with Crippen LogP contribution in [0.1, 0.15) is 73.4 Å². The summed E-state index contributed by atoms with van der Waals surface area (Å²) in [6, 6.07) is 19.3. The summed E-state index contributed by atoms with van der Waals surface area (Å²) in [6.07, 6.45) is -10.7. The first-order chi connectivity index (χ1) is 23.6. The second-order valence-electron chi connectivity index (χ2n) is 14.8. The highest BCUT2D eigenvalue weighted by molar-refractivity contribution is 8.33. The maximum absolute atomic E-state index is 14.6. The zero-order chi connectivity index (χ0) is 39.1. The number of rotatable bonds is 9. The zero-order valence-electron chi connectivity index (χ0n) is 30.2. The predicted octanol–water partition coefficient (Wildman–Crippen LogP) is 11.9. The summed E-state index contributed by atoms with van der Waals surface area (Å²) in [5, 5.41) is 0. The summed E-state index contributed by atoms with van der Waals surface area (Å²) in [5.74, 6) is 0.346. The summed E-state index contributed by atoms with van der Waals surface area (Å²) in [4.78, 5) is -1.07. The fourth-order valence-electron chi connectivity index (χ4n) is 5.09. The number of hydrogen-bond donors (Lipinski definition) is 0. The van der Waals surface area contributed by atoms with Crippen LogP contribution in [0.25, 0.3) is 0 Å². The van der Waals surface area contributed by atoms with Crippen LogP contribution in [0, 0.1) is 0 Å². The monoisotopic (exact) mass is 772 g/mol. The van der Waals surface area contributed by atoms with Gasteiger partial charge in [-0.05, 0) is 115 Å². The molecule has 0 aromatic heterocycles. The zero-order valence-corrected chi connectivity index (χ0v) is 31.8. The summed E-state index contributed by atoms with van der Waals surface area (Å²) >= 11 is 0. The minimum Gasteiger partial charge on any atom is -0.488 e. The van der Waals surface area contributed by atoms with Crippen LogP contribution in [0.3, 0.4) is 0 Å². The molecule has 0 aliphatic heterocycles. The van der Waals surface area contributed by atoms with Gasteiger partial charge in [-0.2, -0.15) is 34.8 Å². The van der Waals surface area contributed by atoms with Gasteiger partial charge in [-0.1, -0.05) is 36.4 Å². The smallest absolute Gasteiger partial charge is 0.417 e. The Kier molecular flexibility index (Phi) is 11.1. The van der Waals surface area contributed by atoms with Crippen LogP contribution < -0.4 is 14.2 Å². The molecule has 0 spiro atoms. The molecule has 14 heteroatoms. The average Bonchev–Trinajstić information content (AvgIpc) is 2.97. The molecule has 4 aromatic rings. The lowest BCUT2D eigenvalue weighted by Gasteiger charge is -2.42. The quantitative estimate of drug-likeness (QED) is 0.158. The lowest BCUT2D eigenvalue weighted by molar-refractivity contribution is -0.144. The van der Waals surface area contributed by atoms with Crippen LogP contribution in [-0.4, -0.2) is 25.2 Å². The molecule has 4 aromatic carbocycles. The second-order valence-corrected chi connectivity index (χ2v) is 19.2. The Hall–Kier alpha value is -3.88. The van der Waals surface area contributed by atoms with Gasteiger partial charge in [0.05, 0.1) is 11.1 Å². The Morgan fingerprint density at radius 1 is 0.519 bits per heavy atom. The van der Waals surface area contributed by atoms with Gasteiger partial charge in [0, 0.05) is 21.9 Å². The molecule has 6 nitrogen and oxygen atoms in total. The highest BCUT2D eigenvalue weighted by Gasteiger charge is 2.47. The van der Waals surface area contributed by atoms with E-state index in [0.717, 1.165) is 0 Å². The fraction of sp³-hybridized carbons (Fsp3) is 0.368. The Morgan fingerprint density at radius 2 is 0.942 bits per heavy atom. The molecule has 0 aliphatic carbocycles. The average molecular weight is 773 g/mol. The van der Waals surface area contributed by atoms with E-state index in [2.05, 4.69) is 0 Å². The van der Waals surface area contributed by atoms with Gasteiger partial charge in [-0.3, -0.25) is 0 Å². The van der Waals surface area contributed by atoms with Crippen LogP contribution in [0.4, 0.5) is 26.3 Å². The van der Waals surface area contributed by atoms with Crippen molar-refractivity contribution in [3.63, 3.8) is 0 Å². The lowest BCUT2D eigenvalue weighted by atomic mass is 10.1. The lowest BCUT2D eigenvalue weighted by Crippen LogP contribution is -2.28. The molecule has 0 amide bonds. The predicted molar refractivity (Wildman–Crippen MR) is 188 cm³/mol. The molecule has 0 N–H and O–H groups in total. The summed E-state index contributed by atoms with van der Waals surface area (Å²) < 4.78 is 139. The molecular weight excluding hydrogens is 731 g/mol. The molecule has 0 unspecified atom stereocenters. The van der Waals surface area contributed by atoms with Crippen LogP contribution in [0.15, 0.2) is 111 Å². The first-order valence-electron chi connectivity index (χ1n) is 16.1. The molecular formula is C38H42F6O6S2. The second kappa shape index (κ2) is 14.2. The molecule has 0 bridgehead atoms. The van der Waals surface area contributed by atoms with E-state index in [1.165, 1.54) is 12.1 Å². The Balaban J connectivity index is 2.25. The van der Waals surface area contributed by atoms with Gasteiger partial charge < -0.3 is 14.2 Å². The number of alkyl halides is 6. The van der Waals surface area contributed by atoms with E-state index in [4.69, 9.17) is 17.8 Å². The van der Waals surface area contributed by atoms with Gasteiger partial charge in [0.2, 0.25) is 0 Å². The van der Waals surface area contributed by atoms with Gasteiger partial charge in [-0.15, -0.1) is 0 Å². The largest absolute Gasteiger partial charge is 0.488 e. The van der Waals surface area contributed by atoms with Gasteiger partial charge in [0.1, 0.15) is 43.8 Å². The van der Waals surface area contributed by atoms with Crippen LogP contribution in [0.2, 0.25) is 0 Å². The standard InChI is InChI=1S/C38H42F6O6S2/c1-34(2,3)47-26-23-30(48-35(4,5)6)33(31(24-26)49-36(7,8)9)51(27-16-12-10-13-17-27,28-18-14-11-15-19-28)50-52(45,46)32-21-20-25(37(39,40)41)22-29(32)38(42,43)44/h10-24H,1-9H3. The molecule has 4 rings (SSSR count). The van der Waals surface area contributed by atoms with Crippen LogP contribution in [0.5, 0.6) is 17.2 Å². The normalized spacial score (nSPS) is 13.8. The summed E-state index contributed by atoms with van der Waals surface area (Å²) in [5.41, 5.74) is -6.33. The first-order valence-corrected chi connectivity index (χ1v) is 19.0.